The van der Waals surface area contributed by atoms with E-state index >= 15 is 0 Å². The predicted molar refractivity (Wildman–Crippen MR) is 55.6 cm³/mol. The molecule has 0 aliphatic heterocycles. The molecule has 1 aromatic heterocycles. The number of aryl methyl sites for hydroxylation is 2. The number of nitrogens with zero attached hydrogens (tertiary/aromatic N) is 1. The predicted octanol–water partition coefficient (Wildman–Crippen LogP) is 2.79. The largest absolute Gasteiger partial charge is 0.441 e. The van der Waals surface area contributed by atoms with Crippen molar-refractivity contribution in [1.82, 2.24) is 4.98 Å². The molecule has 0 radical (unpaired) electrons. The lowest BCUT2D eigenvalue weighted by Gasteiger charge is -1.99. The van der Waals surface area contributed by atoms with E-state index in [1.807, 2.05) is 19.9 Å². The van der Waals surface area contributed by atoms with Crippen molar-refractivity contribution in [2.45, 2.75) is 13.8 Å². The highest BCUT2D eigenvalue weighted by Crippen LogP contribution is 2.31. The summed E-state index contributed by atoms with van der Waals surface area (Å²) in [6, 6.07) is 1.93. The first-order valence-electron chi connectivity index (χ1n) is 3.91. The van der Waals surface area contributed by atoms with E-state index in [2.05, 4.69) is 20.9 Å². The van der Waals surface area contributed by atoms with Gasteiger partial charge in [-0.1, -0.05) is 0 Å². The lowest BCUT2D eigenvalue weighted by atomic mass is 10.2. The molecule has 13 heavy (non-hydrogen) atoms. The Morgan fingerprint density at radius 1 is 1.46 bits per heavy atom. The Balaban J connectivity index is 2.95. The van der Waals surface area contributed by atoms with Crippen LogP contribution in [0.3, 0.4) is 0 Å². The van der Waals surface area contributed by atoms with E-state index in [0.717, 1.165) is 21.1 Å². The molecule has 0 spiro atoms. The molecule has 0 bridgehead atoms. The second kappa shape index (κ2) is 2.73. The Morgan fingerprint density at radius 2 is 2.15 bits per heavy atom. The van der Waals surface area contributed by atoms with Crippen molar-refractivity contribution < 1.29 is 4.42 Å². The van der Waals surface area contributed by atoms with Gasteiger partial charge in [0.05, 0.1) is 5.69 Å². The molecule has 0 atom stereocenters. The summed E-state index contributed by atoms with van der Waals surface area (Å²) in [6.07, 6.45) is 0. The number of aromatic nitrogens is 1. The first kappa shape index (κ1) is 8.56. The zero-order valence-electron chi connectivity index (χ0n) is 7.39. The molecule has 4 heteroatoms. The molecule has 0 amide bonds. The molecule has 0 unspecified atom stereocenters. The fourth-order valence-electron chi connectivity index (χ4n) is 1.32. The van der Waals surface area contributed by atoms with Gasteiger partial charge in [-0.2, -0.15) is 0 Å². The number of halogens is 1. The molecule has 0 aliphatic carbocycles. The van der Waals surface area contributed by atoms with Crippen molar-refractivity contribution in [1.29, 1.82) is 0 Å². The van der Waals surface area contributed by atoms with Gasteiger partial charge in [0.1, 0.15) is 5.52 Å². The van der Waals surface area contributed by atoms with Crippen LogP contribution >= 0.6 is 15.9 Å². The second-order valence-corrected chi connectivity index (χ2v) is 3.85. The summed E-state index contributed by atoms with van der Waals surface area (Å²) in [5.41, 5.74) is 9.02. The smallest absolute Gasteiger partial charge is 0.192 e. The number of nitrogen functional groups attached to an aromatic ring is 1. The second-order valence-electron chi connectivity index (χ2n) is 3.00. The molecular formula is C9H9BrN2O. The number of hydrogen-bond donors (Lipinski definition) is 1. The third-order valence-corrected chi connectivity index (χ3v) is 2.60. The fourth-order valence-corrected chi connectivity index (χ4v) is 1.85. The summed E-state index contributed by atoms with van der Waals surface area (Å²) < 4.78 is 6.29. The van der Waals surface area contributed by atoms with Crippen LogP contribution in [0.4, 0.5) is 5.69 Å². The van der Waals surface area contributed by atoms with Gasteiger partial charge in [-0.3, -0.25) is 0 Å². The van der Waals surface area contributed by atoms with Crippen LogP contribution in [0.1, 0.15) is 11.5 Å². The first-order chi connectivity index (χ1) is 6.09. The van der Waals surface area contributed by atoms with Crippen molar-refractivity contribution in [2.24, 2.45) is 0 Å². The van der Waals surface area contributed by atoms with Crippen molar-refractivity contribution in [3.8, 4) is 0 Å². The Labute approximate surface area is 84.1 Å². The molecule has 1 aromatic carbocycles. The van der Waals surface area contributed by atoms with Crippen LogP contribution in [0, 0.1) is 13.8 Å². The maximum absolute atomic E-state index is 5.83. The number of fused-ring (bicyclic) bond motifs is 1. The van der Waals surface area contributed by atoms with Gasteiger partial charge in [0, 0.05) is 11.4 Å². The van der Waals surface area contributed by atoms with Crippen LogP contribution < -0.4 is 5.73 Å². The SMILES string of the molecule is Cc1nc2c(N)c(Br)cc(C)c2o1. The Kier molecular flexibility index (Phi) is 1.80. The summed E-state index contributed by atoms with van der Waals surface area (Å²) >= 11 is 3.37. The van der Waals surface area contributed by atoms with Crippen molar-refractivity contribution in [3.05, 3.63) is 22.0 Å². The Morgan fingerprint density at radius 3 is 2.85 bits per heavy atom. The summed E-state index contributed by atoms with van der Waals surface area (Å²) in [7, 11) is 0. The molecule has 3 nitrogen and oxygen atoms in total. The number of hydrogen-bond acceptors (Lipinski definition) is 3. The highest BCUT2D eigenvalue weighted by atomic mass is 79.9. The number of anilines is 1. The summed E-state index contributed by atoms with van der Waals surface area (Å²) in [5, 5.41) is 0. The van der Waals surface area contributed by atoms with Gasteiger partial charge in [0.15, 0.2) is 11.5 Å². The van der Waals surface area contributed by atoms with Crippen molar-refractivity contribution in [3.63, 3.8) is 0 Å². The molecule has 0 fully saturated rings. The zero-order valence-corrected chi connectivity index (χ0v) is 8.97. The van der Waals surface area contributed by atoms with E-state index in [4.69, 9.17) is 10.2 Å². The molecule has 2 rings (SSSR count). The summed E-state index contributed by atoms with van der Waals surface area (Å²) in [4.78, 5) is 4.21. The van der Waals surface area contributed by atoms with Crippen molar-refractivity contribution in [2.75, 3.05) is 5.73 Å². The molecule has 0 saturated heterocycles. The van der Waals surface area contributed by atoms with Gasteiger partial charge in [-0.15, -0.1) is 0 Å². The van der Waals surface area contributed by atoms with E-state index < -0.39 is 0 Å². The van der Waals surface area contributed by atoms with Gasteiger partial charge in [-0.05, 0) is 34.5 Å². The number of rotatable bonds is 0. The highest BCUT2D eigenvalue weighted by Gasteiger charge is 2.11. The quantitative estimate of drug-likeness (QED) is 0.721. The van der Waals surface area contributed by atoms with Crippen LogP contribution in [0.5, 0.6) is 0 Å². The monoisotopic (exact) mass is 240 g/mol. The minimum Gasteiger partial charge on any atom is -0.441 e. The van der Waals surface area contributed by atoms with Crippen LogP contribution in [-0.4, -0.2) is 4.98 Å². The fraction of sp³-hybridized carbons (Fsp3) is 0.222. The molecule has 68 valence electrons. The third-order valence-electron chi connectivity index (χ3n) is 1.95. The average Bonchev–Trinajstić information content (AvgIpc) is 2.44. The number of oxazole rings is 1. The molecule has 1 heterocycles. The van der Waals surface area contributed by atoms with Crippen molar-refractivity contribution >= 4 is 32.7 Å². The minimum absolute atomic E-state index is 0.637. The Bertz CT molecular complexity index is 476. The Hall–Kier alpha value is -1.03. The average molecular weight is 241 g/mol. The van der Waals surface area contributed by atoms with E-state index in [0.29, 0.717) is 11.6 Å². The number of nitrogens with two attached hydrogens (primary N) is 1. The molecule has 0 saturated carbocycles. The van der Waals surface area contributed by atoms with Gasteiger partial charge < -0.3 is 10.2 Å². The number of benzene rings is 1. The van der Waals surface area contributed by atoms with Crippen LogP contribution in [-0.2, 0) is 0 Å². The lowest BCUT2D eigenvalue weighted by Crippen LogP contribution is -1.89. The van der Waals surface area contributed by atoms with Crippen LogP contribution in [0.15, 0.2) is 15.0 Å². The summed E-state index contributed by atoms with van der Waals surface area (Å²) in [5.74, 6) is 0.642. The normalized spacial score (nSPS) is 11.0. The van der Waals surface area contributed by atoms with Gasteiger partial charge >= 0.3 is 0 Å². The standard InChI is InChI=1S/C9H9BrN2O/c1-4-3-6(10)7(11)8-9(4)13-5(2)12-8/h3H,11H2,1-2H3. The molecule has 2 aromatic rings. The maximum Gasteiger partial charge on any atom is 0.192 e. The van der Waals surface area contributed by atoms with Gasteiger partial charge in [0.2, 0.25) is 0 Å². The summed E-state index contributed by atoms with van der Waals surface area (Å²) in [6.45, 7) is 3.78. The van der Waals surface area contributed by atoms with Gasteiger partial charge in [0.25, 0.3) is 0 Å². The molecule has 0 aliphatic rings. The van der Waals surface area contributed by atoms with E-state index in [-0.39, 0.29) is 0 Å². The first-order valence-corrected chi connectivity index (χ1v) is 4.70. The van der Waals surface area contributed by atoms with E-state index in [1.165, 1.54) is 0 Å². The molecule has 2 N–H and O–H groups in total. The lowest BCUT2D eigenvalue weighted by molar-refractivity contribution is 0.559. The zero-order chi connectivity index (χ0) is 9.59. The minimum atomic E-state index is 0.637. The van der Waals surface area contributed by atoms with E-state index in [9.17, 15) is 0 Å². The topological polar surface area (TPSA) is 52.0 Å². The molecular weight excluding hydrogens is 232 g/mol. The van der Waals surface area contributed by atoms with Gasteiger partial charge in [-0.25, -0.2) is 4.98 Å². The van der Waals surface area contributed by atoms with Crippen LogP contribution in [0.2, 0.25) is 0 Å². The maximum atomic E-state index is 5.83. The van der Waals surface area contributed by atoms with E-state index in [1.54, 1.807) is 0 Å². The van der Waals surface area contributed by atoms with Crippen LogP contribution in [0.25, 0.3) is 11.1 Å². The highest BCUT2D eigenvalue weighted by molar-refractivity contribution is 9.10. The third kappa shape index (κ3) is 1.21.